The number of rotatable bonds is 4. The first-order chi connectivity index (χ1) is 12.0. The van der Waals surface area contributed by atoms with Gasteiger partial charge in [-0.3, -0.25) is 4.79 Å². The van der Waals surface area contributed by atoms with Gasteiger partial charge < -0.3 is 14.5 Å². The van der Waals surface area contributed by atoms with Crippen molar-refractivity contribution in [1.82, 2.24) is 5.32 Å². The minimum Gasteiger partial charge on any atom is -0.449 e. The van der Waals surface area contributed by atoms with Crippen LogP contribution in [0.15, 0.2) is 34.7 Å². The number of amides is 1. The Labute approximate surface area is 147 Å². The third kappa shape index (κ3) is 3.86. The summed E-state index contributed by atoms with van der Waals surface area (Å²) in [6.45, 7) is 5.97. The second-order valence-electron chi connectivity index (χ2n) is 7.08. The molecular weight excluding hydrogens is 318 g/mol. The highest BCUT2D eigenvalue weighted by molar-refractivity contribution is 5.94. The molecule has 0 bridgehead atoms. The van der Waals surface area contributed by atoms with E-state index in [0.29, 0.717) is 17.4 Å². The monoisotopic (exact) mass is 343 g/mol. The van der Waals surface area contributed by atoms with E-state index >= 15 is 0 Å². The predicted octanol–water partition coefficient (Wildman–Crippen LogP) is 3.92. The Morgan fingerprint density at radius 2 is 2.00 bits per heavy atom. The van der Waals surface area contributed by atoms with Crippen LogP contribution in [0.25, 0.3) is 11.0 Å². The van der Waals surface area contributed by atoms with Gasteiger partial charge in [-0.2, -0.15) is 0 Å². The molecule has 134 valence electrons. The number of hydrogen-bond acceptors (Lipinski definition) is 4. The summed E-state index contributed by atoms with van der Waals surface area (Å²) in [5.74, 6) is 0.253. The van der Waals surface area contributed by atoms with Crippen LogP contribution in [0.1, 0.15) is 50.6 Å². The maximum atomic E-state index is 12.4. The molecule has 1 fully saturated rings. The number of carbonyl (C=O) groups excluding carboxylic acids is 2. The number of esters is 1. The molecule has 1 aromatic heterocycles. The van der Waals surface area contributed by atoms with Crippen LogP contribution >= 0.6 is 0 Å². The van der Waals surface area contributed by atoms with Crippen LogP contribution in [0.5, 0.6) is 0 Å². The van der Waals surface area contributed by atoms with Gasteiger partial charge >= 0.3 is 5.97 Å². The zero-order chi connectivity index (χ0) is 18.0. The van der Waals surface area contributed by atoms with Gasteiger partial charge in [-0.1, -0.05) is 44.9 Å². The number of furan rings is 1. The standard InChI is InChI=1S/C20H25NO4/c1-12-7-6-9-16(13(12)2)21-19(22)14(3)24-20(23)18-11-15-8-4-5-10-17(15)25-18/h4-5,8,10-14,16H,6-7,9H2,1-3H3,(H,21,22)/t12-,13-,14-,16+/m1/s1. The first-order valence-corrected chi connectivity index (χ1v) is 8.95. The maximum Gasteiger partial charge on any atom is 0.375 e. The van der Waals surface area contributed by atoms with Crippen LogP contribution in [0, 0.1) is 11.8 Å². The first kappa shape index (κ1) is 17.5. The number of fused-ring (bicyclic) bond motifs is 1. The molecule has 0 aliphatic heterocycles. The van der Waals surface area contributed by atoms with Gasteiger partial charge in [0.05, 0.1) is 0 Å². The van der Waals surface area contributed by atoms with Crippen LogP contribution < -0.4 is 5.32 Å². The van der Waals surface area contributed by atoms with E-state index in [1.807, 2.05) is 18.2 Å². The lowest BCUT2D eigenvalue weighted by Gasteiger charge is -2.35. The SMILES string of the molecule is C[C@@H]1[C@H](C)CCC[C@@H]1NC(=O)[C@@H](C)OC(=O)c1cc2ccccc2o1. The average molecular weight is 343 g/mol. The van der Waals surface area contributed by atoms with E-state index < -0.39 is 12.1 Å². The molecule has 1 N–H and O–H groups in total. The molecule has 1 heterocycles. The van der Waals surface area contributed by atoms with E-state index in [1.165, 1.54) is 6.42 Å². The van der Waals surface area contributed by atoms with Gasteiger partial charge in [-0.25, -0.2) is 4.79 Å². The number of carbonyl (C=O) groups is 2. The Morgan fingerprint density at radius 3 is 2.76 bits per heavy atom. The summed E-state index contributed by atoms with van der Waals surface area (Å²) in [4.78, 5) is 24.6. The molecule has 1 aliphatic carbocycles. The smallest absolute Gasteiger partial charge is 0.375 e. The maximum absolute atomic E-state index is 12.4. The highest BCUT2D eigenvalue weighted by Gasteiger charge is 2.30. The van der Waals surface area contributed by atoms with Crippen LogP contribution in [-0.4, -0.2) is 24.0 Å². The molecule has 0 saturated heterocycles. The topological polar surface area (TPSA) is 68.5 Å². The predicted molar refractivity (Wildman–Crippen MR) is 95.2 cm³/mol. The van der Waals surface area contributed by atoms with E-state index in [1.54, 1.807) is 19.1 Å². The molecule has 5 nitrogen and oxygen atoms in total. The second kappa shape index (κ2) is 7.30. The summed E-state index contributed by atoms with van der Waals surface area (Å²) >= 11 is 0. The van der Waals surface area contributed by atoms with Gasteiger partial charge in [0.15, 0.2) is 6.10 Å². The van der Waals surface area contributed by atoms with Gasteiger partial charge in [0.25, 0.3) is 5.91 Å². The Bertz CT molecular complexity index is 733. The Kier molecular flexibility index (Phi) is 5.11. The Morgan fingerprint density at radius 1 is 1.24 bits per heavy atom. The van der Waals surface area contributed by atoms with Crippen molar-refractivity contribution in [3.05, 3.63) is 36.1 Å². The molecule has 0 unspecified atom stereocenters. The van der Waals surface area contributed by atoms with Crippen LogP contribution in [0.2, 0.25) is 0 Å². The molecule has 0 spiro atoms. The molecule has 1 saturated carbocycles. The molecular formula is C20H25NO4. The van der Waals surface area contributed by atoms with E-state index in [4.69, 9.17) is 9.15 Å². The van der Waals surface area contributed by atoms with Crippen LogP contribution in [-0.2, 0) is 9.53 Å². The summed E-state index contributed by atoms with van der Waals surface area (Å²) in [5.41, 5.74) is 0.622. The summed E-state index contributed by atoms with van der Waals surface area (Å²) in [5, 5.41) is 3.87. The average Bonchev–Trinajstić information content (AvgIpc) is 3.03. The Balaban J connectivity index is 1.59. The lowest BCUT2D eigenvalue weighted by molar-refractivity contribution is -0.130. The van der Waals surface area contributed by atoms with Gasteiger partial charge in [-0.15, -0.1) is 0 Å². The largest absolute Gasteiger partial charge is 0.449 e. The fraction of sp³-hybridized carbons (Fsp3) is 0.500. The summed E-state index contributed by atoms with van der Waals surface area (Å²) in [7, 11) is 0. The molecule has 4 atom stereocenters. The van der Waals surface area contributed by atoms with Crippen molar-refractivity contribution in [2.75, 3.05) is 0 Å². The zero-order valence-electron chi connectivity index (χ0n) is 15.0. The highest BCUT2D eigenvalue weighted by atomic mass is 16.6. The molecule has 25 heavy (non-hydrogen) atoms. The minimum atomic E-state index is -0.856. The fourth-order valence-electron chi connectivity index (χ4n) is 3.44. The molecule has 1 amide bonds. The molecule has 2 aromatic rings. The minimum absolute atomic E-state index is 0.112. The van der Waals surface area contributed by atoms with Crippen molar-refractivity contribution < 1.29 is 18.7 Å². The third-order valence-corrected chi connectivity index (χ3v) is 5.31. The lowest BCUT2D eigenvalue weighted by atomic mass is 9.78. The van der Waals surface area contributed by atoms with Gasteiger partial charge in [0.1, 0.15) is 5.58 Å². The van der Waals surface area contributed by atoms with Crippen LogP contribution in [0.4, 0.5) is 0 Å². The van der Waals surface area contributed by atoms with Gasteiger partial charge in [0, 0.05) is 11.4 Å². The van der Waals surface area contributed by atoms with Gasteiger partial charge in [0.2, 0.25) is 5.76 Å². The van der Waals surface area contributed by atoms with Crippen molar-refractivity contribution in [3.8, 4) is 0 Å². The van der Waals surface area contributed by atoms with Crippen LogP contribution in [0.3, 0.4) is 0 Å². The molecule has 1 aromatic carbocycles. The summed E-state index contributed by atoms with van der Waals surface area (Å²) in [6, 6.07) is 9.13. The van der Waals surface area contributed by atoms with Crippen molar-refractivity contribution in [1.29, 1.82) is 0 Å². The first-order valence-electron chi connectivity index (χ1n) is 8.95. The number of ether oxygens (including phenoxy) is 1. The number of para-hydroxylation sites is 1. The van der Waals surface area contributed by atoms with Crippen molar-refractivity contribution in [3.63, 3.8) is 0 Å². The zero-order valence-corrected chi connectivity index (χ0v) is 15.0. The third-order valence-electron chi connectivity index (χ3n) is 5.31. The number of hydrogen-bond donors (Lipinski definition) is 1. The summed E-state index contributed by atoms with van der Waals surface area (Å²) in [6.07, 6.45) is 2.43. The summed E-state index contributed by atoms with van der Waals surface area (Å²) < 4.78 is 10.8. The van der Waals surface area contributed by atoms with E-state index in [2.05, 4.69) is 19.2 Å². The molecule has 3 rings (SSSR count). The molecule has 5 heteroatoms. The molecule has 0 radical (unpaired) electrons. The number of benzene rings is 1. The van der Waals surface area contributed by atoms with Gasteiger partial charge in [-0.05, 0) is 37.3 Å². The quantitative estimate of drug-likeness (QED) is 0.854. The normalized spacial score (nSPS) is 24.7. The Hall–Kier alpha value is -2.30. The molecule has 1 aliphatic rings. The fourth-order valence-corrected chi connectivity index (χ4v) is 3.44. The van der Waals surface area contributed by atoms with Crippen molar-refractivity contribution >= 4 is 22.8 Å². The van der Waals surface area contributed by atoms with E-state index in [-0.39, 0.29) is 17.7 Å². The lowest BCUT2D eigenvalue weighted by Crippen LogP contribution is -2.47. The van der Waals surface area contributed by atoms with E-state index in [0.717, 1.165) is 18.2 Å². The number of nitrogens with one attached hydrogen (secondary N) is 1. The second-order valence-corrected chi connectivity index (χ2v) is 7.08. The van der Waals surface area contributed by atoms with E-state index in [9.17, 15) is 9.59 Å². The van der Waals surface area contributed by atoms with Crippen molar-refractivity contribution in [2.45, 2.75) is 52.2 Å². The highest BCUT2D eigenvalue weighted by Crippen LogP contribution is 2.29. The van der Waals surface area contributed by atoms with Crippen molar-refractivity contribution in [2.24, 2.45) is 11.8 Å².